The Hall–Kier alpha value is -1.84. The number of rotatable bonds is 3. The van der Waals surface area contributed by atoms with E-state index in [-0.39, 0.29) is 11.8 Å². The topological polar surface area (TPSA) is 49.4 Å². The molecule has 0 radical (unpaired) electrons. The van der Waals surface area contributed by atoms with E-state index in [0.29, 0.717) is 24.4 Å². The van der Waals surface area contributed by atoms with Crippen molar-refractivity contribution in [3.8, 4) is 0 Å². The van der Waals surface area contributed by atoms with Crippen LogP contribution in [0.15, 0.2) is 12.1 Å². The van der Waals surface area contributed by atoms with Crippen LogP contribution in [0.1, 0.15) is 41.8 Å². The normalized spacial score (nSPS) is 16.6. The number of carbonyl (C=O) groups is 2. The van der Waals surface area contributed by atoms with Gasteiger partial charge in [0.1, 0.15) is 0 Å². The number of hydrogen-bond donors (Lipinski definition) is 1. The molecule has 0 bridgehead atoms. The molecule has 0 saturated carbocycles. The van der Waals surface area contributed by atoms with E-state index in [1.807, 2.05) is 17.0 Å². The zero-order valence-electron chi connectivity index (χ0n) is 12.0. The monoisotopic (exact) mass is 272 g/mol. The second kappa shape index (κ2) is 4.93. The van der Waals surface area contributed by atoms with E-state index in [1.54, 1.807) is 0 Å². The Bertz CT molecular complexity index is 578. The van der Waals surface area contributed by atoms with E-state index >= 15 is 0 Å². The molecule has 2 heterocycles. The molecule has 1 aromatic rings. The highest BCUT2D eigenvalue weighted by atomic mass is 16.2. The Morgan fingerprint density at radius 1 is 1.35 bits per heavy atom. The maximum Gasteiger partial charge on any atom is 0.251 e. The Labute approximate surface area is 119 Å². The Morgan fingerprint density at radius 3 is 2.85 bits per heavy atom. The van der Waals surface area contributed by atoms with Crippen LogP contribution >= 0.6 is 0 Å². The number of amides is 2. The van der Waals surface area contributed by atoms with Gasteiger partial charge in [-0.15, -0.1) is 0 Å². The summed E-state index contributed by atoms with van der Waals surface area (Å²) in [5.41, 5.74) is 3.92. The van der Waals surface area contributed by atoms with Crippen molar-refractivity contribution in [2.24, 2.45) is 5.92 Å². The first-order valence-electron chi connectivity index (χ1n) is 7.30. The predicted octanol–water partition coefficient (Wildman–Crippen LogP) is 1.91. The van der Waals surface area contributed by atoms with Gasteiger partial charge in [0.25, 0.3) is 5.91 Å². The van der Waals surface area contributed by atoms with Crippen LogP contribution in [0, 0.1) is 5.92 Å². The molecule has 2 aliphatic heterocycles. The second-order valence-corrected chi connectivity index (χ2v) is 6.07. The maximum atomic E-state index is 12.2. The number of anilines is 1. The van der Waals surface area contributed by atoms with Gasteiger partial charge in [-0.1, -0.05) is 13.8 Å². The summed E-state index contributed by atoms with van der Waals surface area (Å²) < 4.78 is 0. The van der Waals surface area contributed by atoms with Gasteiger partial charge >= 0.3 is 0 Å². The fourth-order valence-electron chi connectivity index (χ4n) is 3.01. The molecule has 0 aromatic heterocycles. The third-order valence-electron chi connectivity index (χ3n) is 3.94. The van der Waals surface area contributed by atoms with Gasteiger partial charge in [0, 0.05) is 18.7 Å². The van der Waals surface area contributed by atoms with Gasteiger partial charge in [-0.2, -0.15) is 0 Å². The molecule has 4 nitrogen and oxygen atoms in total. The zero-order chi connectivity index (χ0) is 14.3. The molecule has 0 atom stereocenters. The largest absolute Gasteiger partial charge is 0.352 e. The van der Waals surface area contributed by atoms with Crippen LogP contribution in [0.25, 0.3) is 0 Å². The molecule has 0 fully saturated rings. The first-order chi connectivity index (χ1) is 9.56. The lowest BCUT2D eigenvalue weighted by Crippen LogP contribution is -2.31. The lowest BCUT2D eigenvalue weighted by atomic mass is 9.96. The molecule has 106 valence electrons. The van der Waals surface area contributed by atoms with E-state index in [0.717, 1.165) is 36.2 Å². The quantitative estimate of drug-likeness (QED) is 0.913. The van der Waals surface area contributed by atoms with E-state index in [4.69, 9.17) is 0 Å². The number of aryl methyl sites for hydroxylation is 1. The van der Waals surface area contributed by atoms with Gasteiger partial charge in [0.2, 0.25) is 5.91 Å². The minimum absolute atomic E-state index is 0.0331. The van der Waals surface area contributed by atoms with Gasteiger partial charge in [-0.25, -0.2) is 0 Å². The SMILES string of the molecule is CC(C)CNC(=O)c1cc2c3c(c1)CC(=O)N3CCC2. The van der Waals surface area contributed by atoms with Crippen LogP contribution in [-0.4, -0.2) is 24.9 Å². The van der Waals surface area contributed by atoms with E-state index in [2.05, 4.69) is 19.2 Å². The van der Waals surface area contributed by atoms with Crippen molar-refractivity contribution in [2.75, 3.05) is 18.0 Å². The lowest BCUT2D eigenvalue weighted by molar-refractivity contribution is -0.117. The van der Waals surface area contributed by atoms with Crippen molar-refractivity contribution < 1.29 is 9.59 Å². The highest BCUT2D eigenvalue weighted by molar-refractivity contribution is 6.04. The molecule has 0 aliphatic carbocycles. The average molecular weight is 272 g/mol. The van der Waals surface area contributed by atoms with Crippen LogP contribution in [-0.2, 0) is 17.6 Å². The third kappa shape index (κ3) is 2.19. The third-order valence-corrected chi connectivity index (χ3v) is 3.94. The van der Waals surface area contributed by atoms with Crippen molar-refractivity contribution in [3.05, 3.63) is 28.8 Å². The standard InChI is InChI=1S/C16H20N2O2/c1-10(2)9-17-16(20)13-6-11-4-3-5-18-14(19)8-12(7-13)15(11)18/h6-7,10H,3-5,8-9H2,1-2H3,(H,17,20). The molecule has 1 aromatic carbocycles. The molecule has 3 rings (SSSR count). The number of benzene rings is 1. The summed E-state index contributed by atoms with van der Waals surface area (Å²) in [6.07, 6.45) is 2.38. The predicted molar refractivity (Wildman–Crippen MR) is 78.0 cm³/mol. The summed E-state index contributed by atoms with van der Waals surface area (Å²) in [5.74, 6) is 0.568. The number of carbonyl (C=O) groups excluding carboxylic acids is 2. The number of nitrogens with one attached hydrogen (secondary N) is 1. The fraction of sp³-hybridized carbons (Fsp3) is 0.500. The summed E-state index contributed by atoms with van der Waals surface area (Å²) in [5, 5.41) is 2.94. The van der Waals surface area contributed by atoms with Crippen LogP contribution in [0.5, 0.6) is 0 Å². The smallest absolute Gasteiger partial charge is 0.251 e. The number of nitrogens with zero attached hydrogens (tertiary/aromatic N) is 1. The van der Waals surface area contributed by atoms with Crippen molar-refractivity contribution in [1.82, 2.24) is 5.32 Å². The molecule has 2 aliphatic rings. The van der Waals surface area contributed by atoms with E-state index in [9.17, 15) is 9.59 Å². The van der Waals surface area contributed by atoms with E-state index < -0.39 is 0 Å². The zero-order valence-corrected chi connectivity index (χ0v) is 12.0. The lowest BCUT2D eigenvalue weighted by Gasteiger charge is -2.25. The first-order valence-corrected chi connectivity index (χ1v) is 7.30. The summed E-state index contributed by atoms with van der Waals surface area (Å²) in [7, 11) is 0. The fourth-order valence-corrected chi connectivity index (χ4v) is 3.01. The van der Waals surface area contributed by atoms with Gasteiger partial charge in [-0.3, -0.25) is 9.59 Å². The van der Waals surface area contributed by atoms with Gasteiger partial charge in [0.15, 0.2) is 0 Å². The maximum absolute atomic E-state index is 12.2. The Kier molecular flexibility index (Phi) is 3.24. The Balaban J connectivity index is 1.91. The minimum Gasteiger partial charge on any atom is -0.352 e. The van der Waals surface area contributed by atoms with Gasteiger partial charge < -0.3 is 10.2 Å². The summed E-state index contributed by atoms with van der Waals surface area (Å²) in [4.78, 5) is 26.0. The molecule has 0 unspecified atom stereocenters. The molecule has 0 spiro atoms. The molecule has 20 heavy (non-hydrogen) atoms. The van der Waals surface area contributed by atoms with Crippen LogP contribution in [0.4, 0.5) is 5.69 Å². The van der Waals surface area contributed by atoms with Gasteiger partial charge in [-0.05, 0) is 42.0 Å². The van der Waals surface area contributed by atoms with Crippen molar-refractivity contribution >= 4 is 17.5 Å². The van der Waals surface area contributed by atoms with E-state index in [1.165, 1.54) is 0 Å². The second-order valence-electron chi connectivity index (χ2n) is 6.07. The van der Waals surface area contributed by atoms with Crippen molar-refractivity contribution in [2.45, 2.75) is 33.1 Å². The highest BCUT2D eigenvalue weighted by Crippen LogP contribution is 2.37. The molecule has 0 saturated heterocycles. The van der Waals surface area contributed by atoms with Gasteiger partial charge in [0.05, 0.1) is 12.1 Å². The summed E-state index contributed by atoms with van der Waals surface area (Å²) in [6.45, 7) is 5.64. The minimum atomic E-state index is -0.0331. The Morgan fingerprint density at radius 2 is 2.10 bits per heavy atom. The molecule has 1 N–H and O–H groups in total. The molecular formula is C16H20N2O2. The number of hydrogen-bond acceptors (Lipinski definition) is 2. The van der Waals surface area contributed by atoms with Crippen LogP contribution < -0.4 is 10.2 Å². The van der Waals surface area contributed by atoms with Crippen molar-refractivity contribution in [1.29, 1.82) is 0 Å². The highest BCUT2D eigenvalue weighted by Gasteiger charge is 2.32. The molecule has 2 amide bonds. The van der Waals surface area contributed by atoms with Crippen LogP contribution in [0.3, 0.4) is 0 Å². The van der Waals surface area contributed by atoms with Crippen LogP contribution in [0.2, 0.25) is 0 Å². The summed E-state index contributed by atoms with van der Waals surface area (Å²) >= 11 is 0. The van der Waals surface area contributed by atoms with Crippen molar-refractivity contribution in [3.63, 3.8) is 0 Å². The molecule has 4 heteroatoms. The summed E-state index contributed by atoms with van der Waals surface area (Å²) in [6, 6.07) is 3.84. The molecular weight excluding hydrogens is 252 g/mol. The first kappa shape index (κ1) is 13.2. The average Bonchev–Trinajstić information content (AvgIpc) is 2.74.